The number of aryl methyl sites for hydroxylation is 1. The number of carboxylic acids is 1. The van der Waals surface area contributed by atoms with E-state index >= 15 is 0 Å². The molecule has 2 rings (SSSR count). The zero-order chi connectivity index (χ0) is 14.9. The van der Waals surface area contributed by atoms with Gasteiger partial charge in [0.1, 0.15) is 0 Å². The third-order valence-electron chi connectivity index (χ3n) is 3.13. The van der Waals surface area contributed by atoms with E-state index in [1.165, 1.54) is 12.1 Å². The van der Waals surface area contributed by atoms with E-state index in [0.717, 1.165) is 11.3 Å². The quantitative estimate of drug-likeness (QED) is 0.904. The van der Waals surface area contributed by atoms with Crippen molar-refractivity contribution in [1.82, 2.24) is 0 Å². The van der Waals surface area contributed by atoms with Gasteiger partial charge in [0.25, 0.3) is 0 Å². The van der Waals surface area contributed by atoms with Crippen molar-refractivity contribution >= 4 is 33.3 Å². The second-order valence-electron chi connectivity index (χ2n) is 4.41. The van der Waals surface area contributed by atoms with E-state index in [-0.39, 0.29) is 10.0 Å². The van der Waals surface area contributed by atoms with Crippen LogP contribution in [0.2, 0.25) is 0 Å². The number of anilines is 2. The first kappa shape index (κ1) is 14.5. The summed E-state index contributed by atoms with van der Waals surface area (Å²) in [5, 5.41) is 8.97. The van der Waals surface area contributed by atoms with Gasteiger partial charge in [0.15, 0.2) is 5.82 Å². The lowest BCUT2D eigenvalue weighted by atomic mass is 10.1. The molecule has 104 valence electrons. The van der Waals surface area contributed by atoms with Crippen molar-refractivity contribution in [1.29, 1.82) is 0 Å². The van der Waals surface area contributed by atoms with Gasteiger partial charge in [-0.1, -0.05) is 18.2 Å². The van der Waals surface area contributed by atoms with Gasteiger partial charge in [-0.05, 0) is 46.6 Å². The Kier molecular flexibility index (Phi) is 4.09. The summed E-state index contributed by atoms with van der Waals surface area (Å²) in [6.07, 6.45) is 0. The molecule has 2 aromatic carbocycles. The molecule has 0 amide bonds. The molecular formula is C15H13BrFNO2. The molecule has 3 nitrogen and oxygen atoms in total. The fraction of sp³-hybridized carbons (Fsp3) is 0.133. The lowest BCUT2D eigenvalue weighted by Gasteiger charge is -2.22. The van der Waals surface area contributed by atoms with Crippen LogP contribution in [-0.2, 0) is 0 Å². The van der Waals surface area contributed by atoms with Crippen LogP contribution in [0.25, 0.3) is 0 Å². The van der Waals surface area contributed by atoms with Crippen LogP contribution in [-0.4, -0.2) is 18.1 Å². The van der Waals surface area contributed by atoms with E-state index in [4.69, 9.17) is 5.11 Å². The van der Waals surface area contributed by atoms with Crippen LogP contribution < -0.4 is 4.90 Å². The highest BCUT2D eigenvalue weighted by molar-refractivity contribution is 9.10. The van der Waals surface area contributed by atoms with Gasteiger partial charge >= 0.3 is 5.97 Å². The molecule has 0 spiro atoms. The number of hydrogen-bond acceptors (Lipinski definition) is 2. The average molecular weight is 338 g/mol. The Morgan fingerprint density at radius 1 is 1.20 bits per heavy atom. The fourth-order valence-electron chi connectivity index (χ4n) is 2.03. The minimum atomic E-state index is -1.17. The summed E-state index contributed by atoms with van der Waals surface area (Å²) in [7, 11) is 1.74. The lowest BCUT2D eigenvalue weighted by Crippen LogP contribution is -2.13. The Balaban J connectivity index is 2.52. The van der Waals surface area contributed by atoms with Gasteiger partial charge in [0, 0.05) is 12.7 Å². The highest BCUT2D eigenvalue weighted by Gasteiger charge is 2.19. The highest BCUT2D eigenvalue weighted by Crippen LogP contribution is 2.33. The first-order valence-corrected chi connectivity index (χ1v) is 6.73. The molecule has 5 heteroatoms. The fourth-order valence-corrected chi connectivity index (χ4v) is 2.54. The van der Waals surface area contributed by atoms with Gasteiger partial charge in [-0.2, -0.15) is 0 Å². The largest absolute Gasteiger partial charge is 0.478 e. The van der Waals surface area contributed by atoms with E-state index in [2.05, 4.69) is 15.9 Å². The molecule has 20 heavy (non-hydrogen) atoms. The van der Waals surface area contributed by atoms with Gasteiger partial charge in [-0.25, -0.2) is 9.18 Å². The summed E-state index contributed by atoms with van der Waals surface area (Å²) in [6.45, 7) is 1.93. The number of carbonyl (C=O) groups is 1. The first-order chi connectivity index (χ1) is 9.43. The maximum atomic E-state index is 14.3. The molecular weight excluding hydrogens is 325 g/mol. The number of nitrogens with zero attached hydrogens (tertiary/aromatic N) is 1. The molecule has 0 bridgehead atoms. The number of halogens is 2. The number of para-hydroxylation sites is 1. The van der Waals surface area contributed by atoms with Gasteiger partial charge in [0.05, 0.1) is 15.7 Å². The SMILES string of the molecule is Cc1ccccc1N(C)c1ccc(C(=O)O)c(Br)c1F. The zero-order valence-corrected chi connectivity index (χ0v) is 12.6. The molecule has 0 aromatic heterocycles. The molecule has 0 saturated carbocycles. The Morgan fingerprint density at radius 2 is 1.85 bits per heavy atom. The summed E-state index contributed by atoms with van der Waals surface area (Å²) >= 11 is 3.01. The lowest BCUT2D eigenvalue weighted by molar-refractivity contribution is 0.0695. The van der Waals surface area contributed by atoms with Crippen LogP contribution >= 0.6 is 15.9 Å². The molecule has 0 saturated heterocycles. The Labute approximate surface area is 124 Å². The topological polar surface area (TPSA) is 40.5 Å². The Morgan fingerprint density at radius 3 is 2.45 bits per heavy atom. The molecule has 0 atom stereocenters. The highest BCUT2D eigenvalue weighted by atomic mass is 79.9. The van der Waals surface area contributed by atoms with E-state index in [0.29, 0.717) is 5.69 Å². The third-order valence-corrected chi connectivity index (χ3v) is 3.91. The summed E-state index contributed by atoms with van der Waals surface area (Å²) in [6, 6.07) is 10.5. The van der Waals surface area contributed by atoms with Crippen LogP contribution in [0.3, 0.4) is 0 Å². The molecule has 0 heterocycles. The Hall–Kier alpha value is -1.88. The second kappa shape index (κ2) is 5.63. The van der Waals surface area contributed by atoms with E-state index < -0.39 is 11.8 Å². The summed E-state index contributed by atoms with van der Waals surface area (Å²) in [5.41, 5.74) is 2.09. The predicted molar refractivity (Wildman–Crippen MR) is 80.3 cm³/mol. The maximum absolute atomic E-state index is 14.3. The number of carboxylic acid groups (broad SMARTS) is 1. The van der Waals surface area contributed by atoms with Crippen molar-refractivity contribution < 1.29 is 14.3 Å². The average Bonchev–Trinajstić information content (AvgIpc) is 2.41. The molecule has 0 fully saturated rings. The molecule has 1 N–H and O–H groups in total. The summed E-state index contributed by atoms with van der Waals surface area (Å²) < 4.78 is 14.3. The maximum Gasteiger partial charge on any atom is 0.336 e. The summed E-state index contributed by atoms with van der Waals surface area (Å²) in [4.78, 5) is 12.7. The van der Waals surface area contributed by atoms with Crippen molar-refractivity contribution in [2.45, 2.75) is 6.92 Å². The van der Waals surface area contributed by atoms with E-state index in [9.17, 15) is 9.18 Å². The molecule has 2 aromatic rings. The van der Waals surface area contributed by atoms with Crippen LogP contribution in [0.4, 0.5) is 15.8 Å². The number of rotatable bonds is 3. The van der Waals surface area contributed by atoms with Gasteiger partial charge in [-0.15, -0.1) is 0 Å². The minimum Gasteiger partial charge on any atom is -0.478 e. The Bertz CT molecular complexity index is 673. The second-order valence-corrected chi connectivity index (χ2v) is 5.20. The van der Waals surface area contributed by atoms with Crippen LogP contribution in [0.5, 0.6) is 0 Å². The summed E-state index contributed by atoms with van der Waals surface area (Å²) in [5.74, 6) is -1.75. The predicted octanol–water partition coefficient (Wildman–Crippen LogP) is 4.36. The van der Waals surface area contributed by atoms with Crippen molar-refractivity contribution in [2.75, 3.05) is 11.9 Å². The van der Waals surface area contributed by atoms with E-state index in [1.54, 1.807) is 11.9 Å². The number of hydrogen-bond donors (Lipinski definition) is 1. The van der Waals surface area contributed by atoms with Gasteiger partial charge in [0.2, 0.25) is 0 Å². The van der Waals surface area contributed by atoms with Crippen molar-refractivity contribution in [3.05, 3.63) is 57.8 Å². The first-order valence-electron chi connectivity index (χ1n) is 5.94. The number of aromatic carboxylic acids is 1. The van der Waals surface area contributed by atoms with Crippen LogP contribution in [0.15, 0.2) is 40.9 Å². The van der Waals surface area contributed by atoms with Crippen molar-refractivity contribution in [3.8, 4) is 0 Å². The number of benzene rings is 2. The molecule has 0 aliphatic heterocycles. The third kappa shape index (κ3) is 2.54. The standard InChI is InChI=1S/C15H13BrFNO2/c1-9-5-3-4-6-11(9)18(2)12-8-7-10(15(19)20)13(16)14(12)17/h3-8H,1-2H3,(H,19,20). The van der Waals surface area contributed by atoms with Gasteiger partial charge in [-0.3, -0.25) is 0 Å². The van der Waals surface area contributed by atoms with Crippen LogP contribution in [0, 0.1) is 12.7 Å². The molecule has 0 unspecified atom stereocenters. The van der Waals surface area contributed by atoms with Crippen molar-refractivity contribution in [2.24, 2.45) is 0 Å². The monoisotopic (exact) mass is 337 g/mol. The van der Waals surface area contributed by atoms with Crippen LogP contribution in [0.1, 0.15) is 15.9 Å². The normalized spacial score (nSPS) is 10.4. The molecule has 0 aliphatic rings. The van der Waals surface area contributed by atoms with Crippen molar-refractivity contribution in [3.63, 3.8) is 0 Å². The molecule has 0 aliphatic carbocycles. The van der Waals surface area contributed by atoms with Gasteiger partial charge < -0.3 is 10.0 Å². The zero-order valence-electron chi connectivity index (χ0n) is 11.0. The smallest absolute Gasteiger partial charge is 0.336 e. The minimum absolute atomic E-state index is 0.0389. The molecule has 0 radical (unpaired) electrons. The van der Waals surface area contributed by atoms with E-state index in [1.807, 2.05) is 31.2 Å².